The molecule has 1 N–H and O–H groups in total. The lowest BCUT2D eigenvalue weighted by atomic mass is 10.1. The van der Waals surface area contributed by atoms with Gasteiger partial charge in [0.1, 0.15) is 0 Å². The quantitative estimate of drug-likeness (QED) is 0.151. The predicted octanol–water partition coefficient (Wildman–Crippen LogP) is 6.64. The summed E-state index contributed by atoms with van der Waals surface area (Å²) in [5.41, 5.74) is 3.32. The maximum atomic E-state index is 12.6. The number of hydroxylamine groups is 1. The largest absolute Gasteiger partial charge is 0.424 e. The Hall–Kier alpha value is -0.360. The third kappa shape index (κ3) is 5.17. The van der Waals surface area contributed by atoms with Crippen LogP contribution in [0.5, 0.6) is 0 Å². The number of ether oxygens (including phenoxy) is 1. The number of hydrogen-bond acceptors (Lipinski definition) is 4. The molecule has 0 radical (unpaired) electrons. The minimum Gasteiger partial charge on any atom is -0.424 e. The normalized spacial score (nSPS) is 19.9. The smallest absolute Gasteiger partial charge is 0.316 e. The molecule has 4 nitrogen and oxygen atoms in total. The first-order valence-corrected chi connectivity index (χ1v) is 10.3. The second kappa shape index (κ2) is 8.98. The van der Waals surface area contributed by atoms with E-state index in [-0.39, 0.29) is 20.6 Å². The van der Waals surface area contributed by atoms with Crippen LogP contribution in [-0.4, -0.2) is 12.6 Å². The molecule has 0 heterocycles. The zero-order chi connectivity index (χ0) is 20.4. The molecule has 0 spiro atoms. The zero-order valence-electron chi connectivity index (χ0n) is 15.0. The molecule has 27 heavy (non-hydrogen) atoms. The molecule has 0 aliphatic heterocycles. The number of benzene rings is 1. The molecule has 1 aromatic rings. The molecule has 1 fully saturated rings. The summed E-state index contributed by atoms with van der Waals surface area (Å²) in [6, 6.07) is 2.93. The Labute approximate surface area is 184 Å². The SMILES string of the molecule is CCCCONC=C1[C@@H](C(=O)OC(Cl)(Cl)c2ccc(Cl)c(Cl)c2Cl)C1(C)C. The van der Waals surface area contributed by atoms with E-state index in [9.17, 15) is 4.79 Å². The molecular formula is C18H20Cl5NO3. The highest BCUT2D eigenvalue weighted by molar-refractivity contribution is 6.51. The number of carbonyl (C=O) groups excluding carboxylic acids is 1. The number of carbonyl (C=O) groups is 1. The lowest BCUT2D eigenvalue weighted by molar-refractivity contribution is -0.150. The molecule has 1 atom stereocenters. The first-order chi connectivity index (χ1) is 12.5. The summed E-state index contributed by atoms with van der Waals surface area (Å²) in [4.78, 5) is 17.9. The van der Waals surface area contributed by atoms with Crippen LogP contribution in [0.2, 0.25) is 15.1 Å². The predicted molar refractivity (Wildman–Crippen MR) is 110 cm³/mol. The fourth-order valence-corrected chi connectivity index (χ4v) is 3.88. The summed E-state index contributed by atoms with van der Waals surface area (Å²) in [6.07, 6.45) is 3.64. The van der Waals surface area contributed by atoms with Crippen LogP contribution in [0.3, 0.4) is 0 Å². The Morgan fingerprint density at radius 3 is 2.56 bits per heavy atom. The first kappa shape index (κ1) is 22.9. The van der Waals surface area contributed by atoms with Gasteiger partial charge >= 0.3 is 5.97 Å². The van der Waals surface area contributed by atoms with E-state index in [4.69, 9.17) is 67.6 Å². The number of halogens is 5. The van der Waals surface area contributed by atoms with Crippen LogP contribution in [0.15, 0.2) is 23.9 Å². The van der Waals surface area contributed by atoms with Gasteiger partial charge in [-0.15, -0.1) is 0 Å². The van der Waals surface area contributed by atoms with Crippen molar-refractivity contribution in [3.63, 3.8) is 0 Å². The molecule has 1 aliphatic rings. The van der Waals surface area contributed by atoms with E-state index in [1.165, 1.54) is 12.1 Å². The van der Waals surface area contributed by atoms with E-state index in [0.717, 1.165) is 18.4 Å². The van der Waals surface area contributed by atoms with Crippen molar-refractivity contribution in [3.8, 4) is 0 Å². The Bertz CT molecular complexity index is 749. The van der Waals surface area contributed by atoms with E-state index >= 15 is 0 Å². The van der Waals surface area contributed by atoms with Gasteiger partial charge in [-0.05, 0) is 24.1 Å². The number of unbranched alkanes of at least 4 members (excludes halogenated alkanes) is 1. The second-order valence-corrected chi connectivity index (χ2v) is 9.16. The van der Waals surface area contributed by atoms with E-state index in [2.05, 4.69) is 12.4 Å². The highest BCUT2D eigenvalue weighted by Crippen LogP contribution is 2.59. The van der Waals surface area contributed by atoms with Crippen LogP contribution in [0.25, 0.3) is 0 Å². The number of rotatable bonds is 8. The molecule has 1 aliphatic carbocycles. The van der Waals surface area contributed by atoms with Gasteiger partial charge in [-0.3, -0.25) is 15.1 Å². The molecule has 150 valence electrons. The van der Waals surface area contributed by atoms with Crippen LogP contribution < -0.4 is 5.48 Å². The number of nitrogens with one attached hydrogen (secondary N) is 1. The highest BCUT2D eigenvalue weighted by atomic mass is 35.5. The number of alkyl halides is 2. The van der Waals surface area contributed by atoms with Crippen molar-refractivity contribution in [2.24, 2.45) is 11.3 Å². The van der Waals surface area contributed by atoms with Crippen molar-refractivity contribution in [2.45, 2.75) is 38.1 Å². The Kier molecular flexibility index (Phi) is 7.62. The van der Waals surface area contributed by atoms with Crippen molar-refractivity contribution in [1.29, 1.82) is 0 Å². The van der Waals surface area contributed by atoms with Crippen molar-refractivity contribution >= 4 is 64.0 Å². The van der Waals surface area contributed by atoms with E-state index < -0.39 is 21.8 Å². The monoisotopic (exact) mass is 473 g/mol. The Morgan fingerprint density at radius 1 is 1.26 bits per heavy atom. The highest BCUT2D eigenvalue weighted by Gasteiger charge is 2.59. The minimum atomic E-state index is -2.00. The van der Waals surface area contributed by atoms with Crippen LogP contribution in [0.1, 0.15) is 39.2 Å². The van der Waals surface area contributed by atoms with Gasteiger partial charge in [-0.2, -0.15) is 0 Å². The average Bonchev–Trinajstić information content (AvgIpc) is 3.12. The van der Waals surface area contributed by atoms with Crippen molar-refractivity contribution in [1.82, 2.24) is 5.48 Å². The summed E-state index contributed by atoms with van der Waals surface area (Å²) >= 11 is 30.5. The lowest BCUT2D eigenvalue weighted by Gasteiger charge is -2.22. The van der Waals surface area contributed by atoms with Crippen molar-refractivity contribution in [2.75, 3.05) is 6.61 Å². The maximum Gasteiger partial charge on any atom is 0.316 e. The standard InChI is InChI=1S/C18H20Cl5NO3/c1-4-5-8-26-24-9-11-13(17(11,2)3)16(25)27-18(22,23)10-6-7-12(19)15(21)14(10)20/h6-7,9,13,24H,4-5,8H2,1-3H3/t13-/m0/s1. The molecule has 0 aromatic heterocycles. The summed E-state index contributed by atoms with van der Waals surface area (Å²) in [5, 5.41) is 0.348. The fourth-order valence-electron chi connectivity index (χ4n) is 2.64. The summed E-state index contributed by atoms with van der Waals surface area (Å²) in [6.45, 7) is 6.48. The van der Waals surface area contributed by atoms with Crippen molar-refractivity contribution in [3.05, 3.63) is 44.5 Å². The number of hydrogen-bond donors (Lipinski definition) is 1. The van der Waals surface area contributed by atoms with Crippen LogP contribution in [0, 0.1) is 11.3 Å². The average molecular weight is 476 g/mol. The molecule has 0 amide bonds. The molecule has 9 heteroatoms. The molecular weight excluding hydrogens is 455 g/mol. The van der Waals surface area contributed by atoms with Gasteiger partial charge in [0, 0.05) is 17.2 Å². The van der Waals surface area contributed by atoms with Crippen LogP contribution in [0.4, 0.5) is 0 Å². The lowest BCUT2D eigenvalue weighted by Crippen LogP contribution is -2.23. The van der Waals surface area contributed by atoms with E-state index in [1.807, 2.05) is 13.8 Å². The molecule has 0 bridgehead atoms. The molecule has 0 unspecified atom stereocenters. The second-order valence-electron chi connectivity index (χ2n) is 6.74. The molecule has 0 saturated heterocycles. The van der Waals surface area contributed by atoms with Gasteiger partial charge in [0.25, 0.3) is 4.52 Å². The Balaban J connectivity index is 2.08. The van der Waals surface area contributed by atoms with Gasteiger partial charge in [0.2, 0.25) is 0 Å². The molecule has 2 rings (SSSR count). The van der Waals surface area contributed by atoms with Gasteiger partial charge in [0.05, 0.1) is 27.6 Å². The zero-order valence-corrected chi connectivity index (χ0v) is 18.8. The fraction of sp³-hybridized carbons (Fsp3) is 0.500. The number of esters is 1. The molecule has 1 aromatic carbocycles. The van der Waals surface area contributed by atoms with E-state index in [1.54, 1.807) is 6.20 Å². The van der Waals surface area contributed by atoms with E-state index in [0.29, 0.717) is 6.61 Å². The molecule has 1 saturated carbocycles. The van der Waals surface area contributed by atoms with Gasteiger partial charge in [0.15, 0.2) is 0 Å². The van der Waals surface area contributed by atoms with Gasteiger partial charge < -0.3 is 4.74 Å². The third-order valence-corrected chi connectivity index (χ3v) is 6.26. The van der Waals surface area contributed by atoms with Gasteiger partial charge in [-0.25, -0.2) is 0 Å². The topological polar surface area (TPSA) is 47.6 Å². The summed E-state index contributed by atoms with van der Waals surface area (Å²) < 4.78 is 3.33. The summed E-state index contributed by atoms with van der Waals surface area (Å²) in [5.74, 6) is -1.08. The van der Waals surface area contributed by atoms with Gasteiger partial charge in [-0.1, -0.05) is 85.2 Å². The van der Waals surface area contributed by atoms with Crippen molar-refractivity contribution < 1.29 is 14.4 Å². The van der Waals surface area contributed by atoms with Crippen LogP contribution >= 0.6 is 58.0 Å². The van der Waals surface area contributed by atoms with Crippen LogP contribution in [-0.2, 0) is 18.9 Å². The third-order valence-electron chi connectivity index (χ3n) is 4.40. The maximum absolute atomic E-state index is 12.6. The minimum absolute atomic E-state index is 0.0266. The summed E-state index contributed by atoms with van der Waals surface area (Å²) in [7, 11) is 0. The first-order valence-electron chi connectivity index (χ1n) is 8.36. The Morgan fingerprint density at radius 2 is 1.93 bits per heavy atom.